The molecule has 2 fully saturated rings. The maximum absolute atomic E-state index is 13.5. The zero-order valence-electron chi connectivity index (χ0n) is 11.7. The van der Waals surface area contributed by atoms with E-state index in [2.05, 4.69) is 12.3 Å². The SMILES string of the molecule is CC1COCCC1C(CC1CCCC(F)(F)C1)NN. The first-order valence-corrected chi connectivity index (χ1v) is 7.43. The molecule has 1 aliphatic heterocycles. The third kappa shape index (κ3) is 4.10. The fourth-order valence-corrected chi connectivity index (χ4v) is 3.70. The van der Waals surface area contributed by atoms with Gasteiger partial charge >= 0.3 is 0 Å². The van der Waals surface area contributed by atoms with Crippen LogP contribution in [0.25, 0.3) is 0 Å². The van der Waals surface area contributed by atoms with E-state index >= 15 is 0 Å². The summed E-state index contributed by atoms with van der Waals surface area (Å²) in [5.74, 6) is 4.18. The van der Waals surface area contributed by atoms with Crippen molar-refractivity contribution in [2.45, 2.75) is 57.4 Å². The topological polar surface area (TPSA) is 47.3 Å². The molecule has 112 valence electrons. The lowest BCUT2D eigenvalue weighted by Gasteiger charge is -2.38. The fourth-order valence-electron chi connectivity index (χ4n) is 3.70. The summed E-state index contributed by atoms with van der Waals surface area (Å²) in [5.41, 5.74) is 2.88. The van der Waals surface area contributed by atoms with Gasteiger partial charge in [-0.25, -0.2) is 8.78 Å². The second kappa shape index (κ2) is 6.46. The minimum absolute atomic E-state index is 0.0305. The van der Waals surface area contributed by atoms with Crippen LogP contribution in [0.3, 0.4) is 0 Å². The molecule has 0 amide bonds. The number of halogens is 2. The van der Waals surface area contributed by atoms with Crippen molar-refractivity contribution < 1.29 is 13.5 Å². The summed E-state index contributed by atoms with van der Waals surface area (Å²) in [6.45, 7) is 3.67. The van der Waals surface area contributed by atoms with E-state index in [9.17, 15) is 8.78 Å². The molecule has 0 spiro atoms. The molecule has 0 radical (unpaired) electrons. The van der Waals surface area contributed by atoms with Gasteiger partial charge in [0.1, 0.15) is 0 Å². The molecule has 4 atom stereocenters. The van der Waals surface area contributed by atoms with E-state index in [4.69, 9.17) is 10.6 Å². The number of ether oxygens (including phenoxy) is 1. The Balaban J connectivity index is 1.91. The van der Waals surface area contributed by atoms with Crippen molar-refractivity contribution in [3.8, 4) is 0 Å². The molecule has 1 saturated heterocycles. The number of nitrogens with two attached hydrogens (primary N) is 1. The lowest BCUT2D eigenvalue weighted by Crippen LogP contribution is -2.47. The predicted octanol–water partition coefficient (Wildman–Crippen LogP) is 2.71. The molecule has 2 rings (SSSR count). The molecule has 1 saturated carbocycles. The highest BCUT2D eigenvalue weighted by atomic mass is 19.3. The second-order valence-electron chi connectivity index (χ2n) is 6.33. The Bertz CT molecular complexity index is 289. The van der Waals surface area contributed by atoms with Gasteiger partial charge in [-0.3, -0.25) is 11.3 Å². The molecule has 1 heterocycles. The Kier molecular flexibility index (Phi) is 5.15. The van der Waals surface area contributed by atoms with Gasteiger partial charge in [0.25, 0.3) is 0 Å². The van der Waals surface area contributed by atoms with E-state index in [0.29, 0.717) is 18.3 Å². The van der Waals surface area contributed by atoms with Crippen LogP contribution >= 0.6 is 0 Å². The van der Waals surface area contributed by atoms with Crippen LogP contribution < -0.4 is 11.3 Å². The average molecular weight is 276 g/mol. The average Bonchev–Trinajstić information content (AvgIpc) is 2.36. The quantitative estimate of drug-likeness (QED) is 0.613. The molecule has 0 aromatic heterocycles. The highest BCUT2D eigenvalue weighted by Crippen LogP contribution is 2.40. The van der Waals surface area contributed by atoms with Crippen LogP contribution in [0.5, 0.6) is 0 Å². The Morgan fingerprint density at radius 3 is 2.84 bits per heavy atom. The van der Waals surface area contributed by atoms with Crippen LogP contribution in [-0.2, 0) is 4.74 Å². The molecule has 3 nitrogen and oxygen atoms in total. The van der Waals surface area contributed by atoms with Gasteiger partial charge in [0, 0.05) is 32.1 Å². The van der Waals surface area contributed by atoms with E-state index in [0.717, 1.165) is 32.5 Å². The van der Waals surface area contributed by atoms with Crippen LogP contribution in [0, 0.1) is 17.8 Å². The summed E-state index contributed by atoms with van der Waals surface area (Å²) in [4.78, 5) is 0. The van der Waals surface area contributed by atoms with Gasteiger partial charge in [0.05, 0.1) is 0 Å². The number of alkyl halides is 2. The van der Waals surface area contributed by atoms with E-state index in [-0.39, 0.29) is 24.8 Å². The maximum Gasteiger partial charge on any atom is 0.248 e. The molecule has 3 N–H and O–H groups in total. The van der Waals surface area contributed by atoms with Crippen molar-refractivity contribution in [2.24, 2.45) is 23.6 Å². The Labute approximate surface area is 114 Å². The molecule has 4 unspecified atom stereocenters. The molecule has 0 aromatic rings. The normalized spacial score (nSPS) is 36.9. The molecule has 0 bridgehead atoms. The summed E-state index contributed by atoms with van der Waals surface area (Å²) in [5, 5.41) is 0. The van der Waals surface area contributed by atoms with E-state index in [1.165, 1.54) is 0 Å². The zero-order valence-corrected chi connectivity index (χ0v) is 11.7. The summed E-state index contributed by atoms with van der Waals surface area (Å²) >= 11 is 0. The third-order valence-corrected chi connectivity index (χ3v) is 4.77. The Morgan fingerprint density at radius 2 is 2.21 bits per heavy atom. The largest absolute Gasteiger partial charge is 0.381 e. The van der Waals surface area contributed by atoms with Crippen molar-refractivity contribution in [3.63, 3.8) is 0 Å². The molecule has 0 aromatic carbocycles. The summed E-state index contributed by atoms with van der Waals surface area (Å²) in [6.07, 6.45) is 3.37. The minimum atomic E-state index is -2.47. The monoisotopic (exact) mass is 276 g/mol. The molecule has 19 heavy (non-hydrogen) atoms. The Morgan fingerprint density at radius 1 is 1.42 bits per heavy atom. The van der Waals surface area contributed by atoms with Crippen LogP contribution in [-0.4, -0.2) is 25.2 Å². The minimum Gasteiger partial charge on any atom is -0.381 e. The van der Waals surface area contributed by atoms with Gasteiger partial charge in [-0.1, -0.05) is 6.92 Å². The first-order valence-electron chi connectivity index (χ1n) is 7.43. The summed E-state index contributed by atoms with van der Waals surface area (Å²) in [7, 11) is 0. The Hall–Kier alpha value is -0.260. The molecule has 1 aliphatic carbocycles. The zero-order chi connectivity index (χ0) is 13.9. The van der Waals surface area contributed by atoms with Crippen LogP contribution in [0.4, 0.5) is 8.78 Å². The molecule has 5 heteroatoms. The van der Waals surface area contributed by atoms with Gasteiger partial charge in [-0.2, -0.15) is 0 Å². The first-order chi connectivity index (χ1) is 9.02. The van der Waals surface area contributed by atoms with Crippen molar-refractivity contribution in [1.82, 2.24) is 5.43 Å². The number of hydrogen-bond acceptors (Lipinski definition) is 3. The number of hydrogen-bond donors (Lipinski definition) is 2. The third-order valence-electron chi connectivity index (χ3n) is 4.77. The summed E-state index contributed by atoms with van der Waals surface area (Å²) in [6, 6.07) is 0.137. The lowest BCUT2D eigenvalue weighted by molar-refractivity contribution is -0.0583. The van der Waals surface area contributed by atoms with Crippen molar-refractivity contribution in [3.05, 3.63) is 0 Å². The van der Waals surface area contributed by atoms with Crippen molar-refractivity contribution in [1.29, 1.82) is 0 Å². The first kappa shape index (κ1) is 15.1. The van der Waals surface area contributed by atoms with Gasteiger partial charge in [-0.05, 0) is 43.4 Å². The molecular formula is C14H26F2N2O. The lowest BCUT2D eigenvalue weighted by atomic mass is 9.76. The number of nitrogens with one attached hydrogen (secondary N) is 1. The number of hydrazine groups is 1. The highest BCUT2D eigenvalue weighted by molar-refractivity contribution is 4.86. The fraction of sp³-hybridized carbons (Fsp3) is 1.00. The summed E-state index contributed by atoms with van der Waals surface area (Å²) < 4.78 is 32.4. The number of rotatable bonds is 4. The standard InChI is InChI=1S/C14H26F2N2O/c1-10-9-19-6-4-12(10)13(18-17)7-11-3-2-5-14(15,16)8-11/h10-13,18H,2-9,17H2,1H3. The maximum atomic E-state index is 13.5. The van der Waals surface area contributed by atoms with Crippen molar-refractivity contribution >= 4 is 0 Å². The van der Waals surface area contributed by atoms with Gasteiger partial charge in [-0.15, -0.1) is 0 Å². The van der Waals surface area contributed by atoms with E-state index in [1.807, 2.05) is 0 Å². The van der Waals surface area contributed by atoms with E-state index < -0.39 is 5.92 Å². The van der Waals surface area contributed by atoms with Gasteiger partial charge < -0.3 is 4.74 Å². The second-order valence-corrected chi connectivity index (χ2v) is 6.33. The van der Waals surface area contributed by atoms with Gasteiger partial charge in [0.2, 0.25) is 5.92 Å². The van der Waals surface area contributed by atoms with Crippen LogP contribution in [0.1, 0.15) is 45.4 Å². The van der Waals surface area contributed by atoms with Gasteiger partial charge in [0.15, 0.2) is 0 Å². The molecule has 2 aliphatic rings. The van der Waals surface area contributed by atoms with Crippen molar-refractivity contribution in [2.75, 3.05) is 13.2 Å². The molecular weight excluding hydrogens is 250 g/mol. The smallest absolute Gasteiger partial charge is 0.248 e. The highest BCUT2D eigenvalue weighted by Gasteiger charge is 2.38. The predicted molar refractivity (Wildman–Crippen MR) is 70.7 cm³/mol. The van der Waals surface area contributed by atoms with Crippen LogP contribution in [0.2, 0.25) is 0 Å². The van der Waals surface area contributed by atoms with E-state index in [1.54, 1.807) is 0 Å². The van der Waals surface area contributed by atoms with Crippen LogP contribution in [0.15, 0.2) is 0 Å².